The van der Waals surface area contributed by atoms with Crippen molar-refractivity contribution in [3.05, 3.63) is 36.7 Å². The Kier molecular flexibility index (Phi) is 1.83. The first kappa shape index (κ1) is 8.84. The highest BCUT2D eigenvalue weighted by molar-refractivity contribution is 5.77. The number of hydrogen-bond acceptors (Lipinski definition) is 4. The summed E-state index contributed by atoms with van der Waals surface area (Å²) in [5.74, 6) is 0.702. The van der Waals surface area contributed by atoms with Gasteiger partial charge in [0.1, 0.15) is 5.69 Å². The summed E-state index contributed by atoms with van der Waals surface area (Å²) < 4.78 is 0. The monoisotopic (exact) mass is 211 g/mol. The molecule has 5 heteroatoms. The third-order valence-electron chi connectivity index (χ3n) is 2.27. The zero-order chi connectivity index (χ0) is 11.0. The highest BCUT2D eigenvalue weighted by Gasteiger charge is 2.06. The molecule has 0 radical (unpaired) electrons. The molecule has 0 saturated carbocycles. The zero-order valence-electron chi connectivity index (χ0n) is 8.38. The Hall–Kier alpha value is -2.43. The molecule has 0 fully saturated rings. The Labute approximate surface area is 91.4 Å². The summed E-state index contributed by atoms with van der Waals surface area (Å²) >= 11 is 0. The van der Waals surface area contributed by atoms with E-state index in [2.05, 4.69) is 19.9 Å². The summed E-state index contributed by atoms with van der Waals surface area (Å²) in [6.45, 7) is 0. The highest BCUT2D eigenvalue weighted by atomic mass is 15.0. The van der Waals surface area contributed by atoms with Crippen molar-refractivity contribution in [2.75, 3.05) is 5.73 Å². The Morgan fingerprint density at radius 1 is 1.19 bits per heavy atom. The van der Waals surface area contributed by atoms with Crippen molar-refractivity contribution in [3.63, 3.8) is 0 Å². The van der Waals surface area contributed by atoms with E-state index in [-0.39, 0.29) is 0 Å². The van der Waals surface area contributed by atoms with Crippen LogP contribution in [0.4, 0.5) is 5.69 Å². The van der Waals surface area contributed by atoms with Crippen LogP contribution in [0.2, 0.25) is 0 Å². The molecular weight excluding hydrogens is 202 g/mol. The fourth-order valence-corrected chi connectivity index (χ4v) is 1.54. The van der Waals surface area contributed by atoms with E-state index in [0.29, 0.717) is 17.2 Å². The maximum atomic E-state index is 5.65. The summed E-state index contributed by atoms with van der Waals surface area (Å²) in [7, 11) is 0. The van der Waals surface area contributed by atoms with Crippen LogP contribution in [0, 0.1) is 0 Å². The molecule has 16 heavy (non-hydrogen) atoms. The van der Waals surface area contributed by atoms with Crippen molar-refractivity contribution >= 4 is 16.9 Å². The lowest BCUT2D eigenvalue weighted by Gasteiger charge is -1.92. The molecule has 0 aliphatic carbocycles. The van der Waals surface area contributed by atoms with Crippen LogP contribution in [0.1, 0.15) is 0 Å². The molecular formula is C11H9N5. The van der Waals surface area contributed by atoms with E-state index in [1.807, 2.05) is 24.3 Å². The van der Waals surface area contributed by atoms with Crippen molar-refractivity contribution in [1.82, 2.24) is 19.9 Å². The van der Waals surface area contributed by atoms with Gasteiger partial charge in [-0.15, -0.1) is 0 Å². The van der Waals surface area contributed by atoms with Gasteiger partial charge in [0, 0.05) is 6.20 Å². The van der Waals surface area contributed by atoms with E-state index < -0.39 is 0 Å². The lowest BCUT2D eigenvalue weighted by Crippen LogP contribution is -1.85. The zero-order valence-corrected chi connectivity index (χ0v) is 8.38. The van der Waals surface area contributed by atoms with E-state index >= 15 is 0 Å². The molecule has 3 aromatic rings. The van der Waals surface area contributed by atoms with Crippen LogP contribution in [0.15, 0.2) is 36.7 Å². The van der Waals surface area contributed by atoms with Crippen molar-refractivity contribution in [2.24, 2.45) is 0 Å². The first-order chi connectivity index (χ1) is 7.83. The number of pyridine rings is 2. The van der Waals surface area contributed by atoms with Crippen molar-refractivity contribution in [2.45, 2.75) is 0 Å². The third kappa shape index (κ3) is 1.38. The van der Waals surface area contributed by atoms with Gasteiger partial charge < -0.3 is 10.7 Å². The van der Waals surface area contributed by atoms with E-state index in [4.69, 9.17) is 5.73 Å². The Morgan fingerprint density at radius 2 is 2.12 bits per heavy atom. The highest BCUT2D eigenvalue weighted by Crippen LogP contribution is 2.18. The fraction of sp³-hybridized carbons (Fsp3) is 0. The van der Waals surface area contributed by atoms with E-state index in [9.17, 15) is 0 Å². The molecule has 0 aliphatic heterocycles. The molecule has 3 rings (SSSR count). The van der Waals surface area contributed by atoms with Crippen LogP contribution in [-0.4, -0.2) is 19.9 Å². The minimum Gasteiger partial charge on any atom is -0.397 e. The van der Waals surface area contributed by atoms with Gasteiger partial charge in [-0.1, -0.05) is 6.07 Å². The molecule has 0 bridgehead atoms. The van der Waals surface area contributed by atoms with Crippen LogP contribution in [-0.2, 0) is 0 Å². The molecule has 0 saturated heterocycles. The molecule has 5 nitrogen and oxygen atoms in total. The summed E-state index contributed by atoms with van der Waals surface area (Å²) in [5, 5.41) is 0. The smallest absolute Gasteiger partial charge is 0.178 e. The Morgan fingerprint density at radius 3 is 2.94 bits per heavy atom. The standard InChI is InChI=1S/C11H9N5/c12-7-5-9-10(14-6-7)16-11(15-9)8-3-1-2-4-13-8/h1-6H,12H2,(H,14,15,16). The first-order valence-electron chi connectivity index (χ1n) is 4.85. The molecule has 3 heterocycles. The average molecular weight is 211 g/mol. The number of aromatic nitrogens is 4. The SMILES string of the molecule is Nc1cnc2nc(-c3ccccn3)[nH]c2c1. The first-order valence-corrected chi connectivity index (χ1v) is 4.85. The van der Waals surface area contributed by atoms with Gasteiger partial charge in [0.25, 0.3) is 0 Å². The van der Waals surface area contributed by atoms with Crippen molar-refractivity contribution in [1.29, 1.82) is 0 Å². The van der Waals surface area contributed by atoms with Crippen molar-refractivity contribution < 1.29 is 0 Å². The predicted molar refractivity (Wildman–Crippen MR) is 61.5 cm³/mol. The van der Waals surface area contributed by atoms with Gasteiger partial charge in [-0.05, 0) is 18.2 Å². The Bertz CT molecular complexity index is 629. The van der Waals surface area contributed by atoms with Gasteiger partial charge >= 0.3 is 0 Å². The molecule has 0 unspecified atom stereocenters. The van der Waals surface area contributed by atoms with Crippen LogP contribution in [0.3, 0.4) is 0 Å². The number of nitrogen functional groups attached to an aromatic ring is 1. The number of nitrogens with one attached hydrogen (secondary N) is 1. The second-order valence-corrected chi connectivity index (χ2v) is 3.44. The maximum absolute atomic E-state index is 5.65. The molecule has 0 amide bonds. The number of nitrogens with two attached hydrogens (primary N) is 1. The summed E-state index contributed by atoms with van der Waals surface area (Å²) in [6, 6.07) is 7.47. The van der Waals surface area contributed by atoms with Crippen LogP contribution < -0.4 is 5.73 Å². The third-order valence-corrected chi connectivity index (χ3v) is 2.27. The largest absolute Gasteiger partial charge is 0.397 e. The second kappa shape index (κ2) is 3.30. The van der Waals surface area contributed by atoms with E-state index in [0.717, 1.165) is 11.2 Å². The molecule has 0 atom stereocenters. The molecule has 0 spiro atoms. The minimum absolute atomic E-state index is 0.615. The number of anilines is 1. The maximum Gasteiger partial charge on any atom is 0.178 e. The number of aromatic amines is 1. The number of rotatable bonds is 1. The Balaban J connectivity index is 2.19. The van der Waals surface area contributed by atoms with Gasteiger partial charge in [0.15, 0.2) is 11.5 Å². The minimum atomic E-state index is 0.615. The van der Waals surface area contributed by atoms with E-state index in [1.54, 1.807) is 12.4 Å². The van der Waals surface area contributed by atoms with Gasteiger partial charge in [-0.25, -0.2) is 9.97 Å². The lowest BCUT2D eigenvalue weighted by molar-refractivity contribution is 1.23. The molecule has 3 aromatic heterocycles. The van der Waals surface area contributed by atoms with Gasteiger partial charge in [0.05, 0.1) is 17.4 Å². The summed E-state index contributed by atoms with van der Waals surface area (Å²) in [5.41, 5.74) is 8.52. The number of hydrogen-bond donors (Lipinski definition) is 2. The topological polar surface area (TPSA) is 80.5 Å². The number of nitrogens with zero attached hydrogens (tertiary/aromatic N) is 3. The molecule has 0 aliphatic rings. The summed E-state index contributed by atoms with van der Waals surface area (Å²) in [6.07, 6.45) is 3.32. The second-order valence-electron chi connectivity index (χ2n) is 3.44. The van der Waals surface area contributed by atoms with Crippen LogP contribution in [0.25, 0.3) is 22.7 Å². The summed E-state index contributed by atoms with van der Waals surface area (Å²) in [4.78, 5) is 15.8. The normalized spacial score (nSPS) is 10.8. The molecule has 3 N–H and O–H groups in total. The number of H-pyrrole nitrogens is 1. The molecule has 78 valence electrons. The van der Waals surface area contributed by atoms with E-state index in [1.165, 1.54) is 0 Å². The predicted octanol–water partition coefficient (Wildman–Crippen LogP) is 1.60. The van der Waals surface area contributed by atoms with Gasteiger partial charge in [-0.3, -0.25) is 4.98 Å². The van der Waals surface area contributed by atoms with Crippen LogP contribution >= 0.6 is 0 Å². The number of fused-ring (bicyclic) bond motifs is 1. The van der Waals surface area contributed by atoms with Gasteiger partial charge in [-0.2, -0.15) is 0 Å². The molecule has 0 aromatic carbocycles. The average Bonchev–Trinajstić information content (AvgIpc) is 2.73. The lowest BCUT2D eigenvalue weighted by atomic mass is 10.3. The van der Waals surface area contributed by atoms with Gasteiger partial charge in [0.2, 0.25) is 0 Å². The fourth-order valence-electron chi connectivity index (χ4n) is 1.54. The van der Waals surface area contributed by atoms with Crippen LogP contribution in [0.5, 0.6) is 0 Å². The van der Waals surface area contributed by atoms with Crippen molar-refractivity contribution in [3.8, 4) is 11.5 Å². The number of imidazole rings is 1. The quantitative estimate of drug-likeness (QED) is 0.640.